The number of nitrogens with one attached hydrogen (secondary N) is 2. The van der Waals surface area contributed by atoms with Gasteiger partial charge in [0.2, 0.25) is 0 Å². The van der Waals surface area contributed by atoms with Crippen LogP contribution < -0.4 is 16.6 Å². The minimum absolute atomic E-state index is 0.363. The van der Waals surface area contributed by atoms with Crippen LogP contribution in [0.2, 0.25) is 0 Å². The minimum Gasteiger partial charge on any atom is -0.336 e. The summed E-state index contributed by atoms with van der Waals surface area (Å²) in [5.74, 6) is 5.69. The predicted molar refractivity (Wildman–Crippen MR) is 63.3 cm³/mol. The number of rotatable bonds is 5. The van der Waals surface area contributed by atoms with Crippen molar-refractivity contribution in [1.29, 1.82) is 0 Å². The summed E-state index contributed by atoms with van der Waals surface area (Å²) in [5, 5.41) is 3.55. The molecule has 0 aliphatic carbocycles. The first-order chi connectivity index (χ1) is 7.33. The first kappa shape index (κ1) is 12.2. The van der Waals surface area contributed by atoms with Gasteiger partial charge in [-0.05, 0) is 22.9 Å². The molecule has 0 radical (unpaired) electrons. The van der Waals surface area contributed by atoms with Crippen molar-refractivity contribution in [3.05, 3.63) is 24.4 Å². The van der Waals surface area contributed by atoms with E-state index >= 15 is 0 Å². The number of amides is 2. The van der Waals surface area contributed by atoms with Crippen molar-refractivity contribution in [2.75, 3.05) is 12.3 Å². The van der Waals surface area contributed by atoms with Gasteiger partial charge < -0.3 is 5.32 Å². The molecule has 0 saturated carbocycles. The second-order valence-corrected chi connectivity index (χ2v) is 4.91. The molecule has 0 saturated heterocycles. The van der Waals surface area contributed by atoms with Gasteiger partial charge in [0, 0.05) is 18.5 Å². The Morgan fingerprint density at radius 1 is 1.53 bits per heavy atom. The van der Waals surface area contributed by atoms with Gasteiger partial charge >= 0.3 is 6.03 Å². The van der Waals surface area contributed by atoms with Crippen LogP contribution in [0.3, 0.4) is 0 Å². The lowest BCUT2D eigenvalue weighted by Crippen LogP contribution is -2.40. The molecule has 0 spiro atoms. The molecule has 82 valence electrons. The quantitative estimate of drug-likeness (QED) is 0.237. The third-order valence-corrected chi connectivity index (χ3v) is 3.65. The van der Waals surface area contributed by atoms with E-state index in [-0.39, 0.29) is 6.03 Å². The molecule has 0 aliphatic heterocycles. The van der Waals surface area contributed by atoms with Crippen molar-refractivity contribution in [1.82, 2.24) is 15.7 Å². The first-order valence-corrected chi connectivity index (χ1v) is 6.60. The maximum Gasteiger partial charge on any atom is 0.328 e. The monoisotopic (exact) mass is 244 g/mol. The molecule has 0 bridgehead atoms. The van der Waals surface area contributed by atoms with E-state index in [1.54, 1.807) is 27.8 Å². The molecule has 0 unspecified atom stereocenters. The number of pyridine rings is 1. The van der Waals surface area contributed by atoms with Gasteiger partial charge in [0.25, 0.3) is 0 Å². The molecule has 1 aromatic heterocycles. The van der Waals surface area contributed by atoms with Crippen LogP contribution in [0, 0.1) is 0 Å². The molecule has 7 heteroatoms. The van der Waals surface area contributed by atoms with Gasteiger partial charge in [-0.3, -0.25) is 5.43 Å². The highest BCUT2D eigenvalue weighted by Crippen LogP contribution is 2.28. The molecule has 4 N–H and O–H groups in total. The fraction of sp³-hybridized carbons (Fsp3) is 0.250. The molecule has 0 aromatic carbocycles. The molecular weight excluding hydrogens is 232 g/mol. The highest BCUT2D eigenvalue weighted by molar-refractivity contribution is 8.76. The van der Waals surface area contributed by atoms with Gasteiger partial charge in [-0.2, -0.15) is 0 Å². The van der Waals surface area contributed by atoms with E-state index in [1.165, 1.54) is 0 Å². The van der Waals surface area contributed by atoms with E-state index in [0.717, 1.165) is 10.8 Å². The van der Waals surface area contributed by atoms with Crippen LogP contribution in [0.5, 0.6) is 0 Å². The van der Waals surface area contributed by atoms with Gasteiger partial charge in [0.05, 0.1) is 0 Å². The Morgan fingerprint density at radius 3 is 3.07 bits per heavy atom. The Hall–Kier alpha value is -0.920. The number of carbonyl (C=O) groups is 1. The molecule has 0 atom stereocenters. The Bertz CT molecular complexity index is 296. The zero-order chi connectivity index (χ0) is 10.9. The maximum atomic E-state index is 10.7. The third-order valence-electron chi connectivity index (χ3n) is 1.38. The lowest BCUT2D eigenvalue weighted by Gasteiger charge is -2.02. The van der Waals surface area contributed by atoms with E-state index in [9.17, 15) is 4.79 Å². The second-order valence-electron chi connectivity index (χ2n) is 2.47. The third kappa shape index (κ3) is 5.50. The van der Waals surface area contributed by atoms with Crippen molar-refractivity contribution in [3.8, 4) is 0 Å². The summed E-state index contributed by atoms with van der Waals surface area (Å²) >= 11 is 0. The molecule has 5 nitrogen and oxygen atoms in total. The number of aromatic nitrogens is 1. The summed E-state index contributed by atoms with van der Waals surface area (Å²) in [5.41, 5.74) is 2.00. The van der Waals surface area contributed by atoms with E-state index in [4.69, 9.17) is 5.84 Å². The SMILES string of the molecule is NNC(=O)NCCSSc1ccccn1. The van der Waals surface area contributed by atoms with Gasteiger partial charge in [0.1, 0.15) is 5.03 Å². The van der Waals surface area contributed by atoms with Crippen LogP contribution in [0.1, 0.15) is 0 Å². The molecule has 1 aromatic rings. The van der Waals surface area contributed by atoms with Gasteiger partial charge in [-0.1, -0.05) is 16.9 Å². The normalized spacial score (nSPS) is 9.67. The maximum absolute atomic E-state index is 10.7. The number of hydrazine groups is 1. The van der Waals surface area contributed by atoms with Crippen LogP contribution >= 0.6 is 21.6 Å². The zero-order valence-electron chi connectivity index (χ0n) is 7.97. The van der Waals surface area contributed by atoms with Crippen molar-refractivity contribution in [2.24, 2.45) is 5.84 Å². The standard InChI is InChI=1S/C8H12N4OS2/c9-12-8(13)11-5-6-14-15-7-3-1-2-4-10-7/h1-4H,5-6,9H2,(H2,11,12,13). The van der Waals surface area contributed by atoms with Crippen LogP contribution in [-0.4, -0.2) is 23.3 Å². The van der Waals surface area contributed by atoms with E-state index < -0.39 is 0 Å². The number of carbonyl (C=O) groups excluding carboxylic acids is 1. The Labute approximate surface area is 96.0 Å². The Morgan fingerprint density at radius 2 is 2.40 bits per heavy atom. The summed E-state index contributed by atoms with van der Waals surface area (Å²) in [6.45, 7) is 0.577. The smallest absolute Gasteiger partial charge is 0.328 e. The number of urea groups is 1. The molecule has 1 heterocycles. The molecule has 2 amide bonds. The lowest BCUT2D eigenvalue weighted by atomic mass is 10.5. The largest absolute Gasteiger partial charge is 0.336 e. The topological polar surface area (TPSA) is 80.0 Å². The average molecular weight is 244 g/mol. The summed E-state index contributed by atoms with van der Waals surface area (Å²) in [7, 11) is 3.21. The molecule has 0 aliphatic rings. The van der Waals surface area contributed by atoms with E-state index in [0.29, 0.717) is 6.54 Å². The van der Waals surface area contributed by atoms with Crippen molar-refractivity contribution in [3.63, 3.8) is 0 Å². The first-order valence-electron chi connectivity index (χ1n) is 4.28. The Kier molecular flexibility index (Phi) is 5.98. The lowest BCUT2D eigenvalue weighted by molar-refractivity contribution is 0.242. The highest BCUT2D eigenvalue weighted by Gasteiger charge is 1.97. The fourth-order valence-electron chi connectivity index (χ4n) is 0.756. The van der Waals surface area contributed by atoms with Gasteiger partial charge in [0.15, 0.2) is 0 Å². The number of hydrogen-bond donors (Lipinski definition) is 3. The number of nitrogens with zero attached hydrogens (tertiary/aromatic N) is 1. The molecule has 0 fully saturated rings. The van der Waals surface area contributed by atoms with Crippen molar-refractivity contribution >= 4 is 27.6 Å². The molecule has 1 rings (SSSR count). The fourth-order valence-corrected chi connectivity index (χ4v) is 2.54. The Balaban J connectivity index is 2.05. The van der Waals surface area contributed by atoms with Crippen LogP contribution in [-0.2, 0) is 0 Å². The summed E-state index contributed by atoms with van der Waals surface area (Å²) in [6.07, 6.45) is 1.75. The van der Waals surface area contributed by atoms with Crippen LogP contribution in [0.4, 0.5) is 4.79 Å². The zero-order valence-corrected chi connectivity index (χ0v) is 9.61. The van der Waals surface area contributed by atoms with Gasteiger partial charge in [-0.25, -0.2) is 15.6 Å². The van der Waals surface area contributed by atoms with E-state index in [2.05, 4.69) is 10.3 Å². The number of nitrogens with two attached hydrogens (primary N) is 1. The molecule has 15 heavy (non-hydrogen) atoms. The summed E-state index contributed by atoms with van der Waals surface area (Å²) in [6, 6.07) is 5.40. The molecular formula is C8H12N4OS2. The van der Waals surface area contributed by atoms with E-state index in [1.807, 2.05) is 23.6 Å². The number of hydrogen-bond acceptors (Lipinski definition) is 5. The van der Waals surface area contributed by atoms with Crippen molar-refractivity contribution in [2.45, 2.75) is 5.03 Å². The average Bonchev–Trinajstić information content (AvgIpc) is 2.29. The summed E-state index contributed by atoms with van der Waals surface area (Å²) in [4.78, 5) is 14.8. The minimum atomic E-state index is -0.363. The summed E-state index contributed by atoms with van der Waals surface area (Å²) < 4.78 is 0. The highest BCUT2D eigenvalue weighted by atomic mass is 33.1. The predicted octanol–water partition coefficient (Wildman–Crippen LogP) is 0.995. The second kappa shape index (κ2) is 7.38. The van der Waals surface area contributed by atoms with Crippen LogP contribution in [0.15, 0.2) is 29.4 Å². The van der Waals surface area contributed by atoms with Gasteiger partial charge in [-0.15, -0.1) is 0 Å². The van der Waals surface area contributed by atoms with Crippen molar-refractivity contribution < 1.29 is 4.79 Å². The van der Waals surface area contributed by atoms with Crippen LogP contribution in [0.25, 0.3) is 0 Å².